The summed E-state index contributed by atoms with van der Waals surface area (Å²) in [5.74, 6) is 2.27. The second kappa shape index (κ2) is 7.00. The molecule has 2 aromatic rings. The van der Waals surface area contributed by atoms with Crippen LogP contribution in [0.5, 0.6) is 0 Å². The van der Waals surface area contributed by atoms with Crippen LogP contribution in [0.1, 0.15) is 0 Å². The molecule has 0 bridgehead atoms. The van der Waals surface area contributed by atoms with Crippen molar-refractivity contribution in [3.8, 4) is 0 Å². The highest BCUT2D eigenvalue weighted by atomic mass is 32.2. The van der Waals surface area contributed by atoms with Gasteiger partial charge in [-0.1, -0.05) is 60.7 Å². The second-order valence-corrected chi connectivity index (χ2v) is 10.2. The highest BCUT2D eigenvalue weighted by Gasteiger charge is 2.28. The molecule has 0 amide bonds. The summed E-state index contributed by atoms with van der Waals surface area (Å²) in [6.45, 7) is 0. The molecular weight excluding hydrogens is 301 g/mol. The molecule has 1 fully saturated rings. The Morgan fingerprint density at radius 1 is 0.850 bits per heavy atom. The fourth-order valence-corrected chi connectivity index (χ4v) is 8.82. The number of thioether (sulfide) groups is 2. The maximum absolute atomic E-state index is 2.38. The van der Waals surface area contributed by atoms with Crippen LogP contribution < -0.4 is 10.6 Å². The lowest BCUT2D eigenvalue weighted by molar-refractivity contribution is 0.464. The van der Waals surface area contributed by atoms with Crippen LogP contribution in [-0.4, -0.2) is 28.0 Å². The predicted octanol–water partition coefficient (Wildman–Crippen LogP) is 3.73. The van der Waals surface area contributed by atoms with Crippen LogP contribution in [0.25, 0.3) is 0 Å². The predicted molar refractivity (Wildman–Crippen MR) is 95.5 cm³/mol. The summed E-state index contributed by atoms with van der Waals surface area (Å²) in [5, 5.41) is 2.98. The maximum Gasteiger partial charge on any atom is 0.0804 e. The molecule has 1 nitrogen and oxygen atoms in total. The normalized spacial score (nSPS) is 17.5. The first kappa shape index (κ1) is 14.5. The first-order valence-corrected chi connectivity index (χ1v) is 10.2. The first-order chi connectivity index (χ1) is 9.84. The fraction of sp³-hybridized carbons (Fsp3) is 0.250. The van der Waals surface area contributed by atoms with E-state index in [1.165, 1.54) is 10.6 Å². The van der Waals surface area contributed by atoms with Gasteiger partial charge in [0, 0.05) is 11.8 Å². The SMILES string of the molecule is CN1CSC(P(c2ccccc2)c2ccccc2)SC1. The van der Waals surface area contributed by atoms with E-state index in [4.69, 9.17) is 0 Å². The molecule has 0 saturated carbocycles. The zero-order valence-corrected chi connectivity index (χ0v) is 14.0. The van der Waals surface area contributed by atoms with Crippen LogP contribution in [-0.2, 0) is 0 Å². The Kier molecular flexibility index (Phi) is 5.06. The molecule has 1 saturated heterocycles. The van der Waals surface area contributed by atoms with Crippen molar-refractivity contribution in [3.05, 3.63) is 60.7 Å². The summed E-state index contributed by atoms with van der Waals surface area (Å²) in [7, 11) is 1.91. The highest BCUT2D eigenvalue weighted by Crippen LogP contribution is 2.52. The van der Waals surface area contributed by atoms with Crippen molar-refractivity contribution < 1.29 is 0 Å². The molecule has 0 aromatic heterocycles. The van der Waals surface area contributed by atoms with Gasteiger partial charge in [-0.2, -0.15) is 0 Å². The maximum atomic E-state index is 2.38. The van der Waals surface area contributed by atoms with Gasteiger partial charge in [-0.3, -0.25) is 4.90 Å². The summed E-state index contributed by atoms with van der Waals surface area (Å²) in [6.07, 6.45) is 0. The molecule has 0 radical (unpaired) electrons. The summed E-state index contributed by atoms with van der Waals surface area (Å²) < 4.78 is 0.658. The lowest BCUT2D eigenvalue weighted by Crippen LogP contribution is -2.28. The van der Waals surface area contributed by atoms with Crippen molar-refractivity contribution in [1.29, 1.82) is 0 Å². The Balaban J connectivity index is 1.92. The minimum atomic E-state index is -0.289. The Labute approximate surface area is 130 Å². The van der Waals surface area contributed by atoms with E-state index in [9.17, 15) is 0 Å². The summed E-state index contributed by atoms with van der Waals surface area (Å²) in [4.78, 5) is 2.38. The van der Waals surface area contributed by atoms with Crippen LogP contribution in [0.4, 0.5) is 0 Å². The average Bonchev–Trinajstić information content (AvgIpc) is 2.52. The number of benzene rings is 2. The highest BCUT2D eigenvalue weighted by molar-refractivity contribution is 8.25. The quantitative estimate of drug-likeness (QED) is 0.794. The van der Waals surface area contributed by atoms with Gasteiger partial charge in [0.15, 0.2) is 0 Å². The van der Waals surface area contributed by atoms with Crippen LogP contribution in [0.2, 0.25) is 0 Å². The average molecular weight is 319 g/mol. The number of rotatable bonds is 3. The smallest absolute Gasteiger partial charge is 0.0804 e. The van der Waals surface area contributed by atoms with Crippen LogP contribution >= 0.6 is 31.4 Å². The van der Waals surface area contributed by atoms with Crippen molar-refractivity contribution in [2.45, 2.75) is 4.32 Å². The molecule has 1 aliphatic heterocycles. The number of hydrogen-bond donors (Lipinski definition) is 0. The van der Waals surface area contributed by atoms with E-state index in [2.05, 4.69) is 96.1 Å². The molecule has 20 heavy (non-hydrogen) atoms. The van der Waals surface area contributed by atoms with Crippen LogP contribution in [0, 0.1) is 0 Å². The van der Waals surface area contributed by atoms with Gasteiger partial charge in [0.1, 0.15) is 0 Å². The van der Waals surface area contributed by atoms with Gasteiger partial charge >= 0.3 is 0 Å². The lowest BCUT2D eigenvalue weighted by Gasteiger charge is -2.34. The summed E-state index contributed by atoms with van der Waals surface area (Å²) >= 11 is 4.17. The third kappa shape index (κ3) is 3.40. The molecule has 1 heterocycles. The Morgan fingerprint density at radius 3 is 1.75 bits per heavy atom. The van der Waals surface area contributed by atoms with Gasteiger partial charge in [-0.15, -0.1) is 23.5 Å². The number of hydrogen-bond acceptors (Lipinski definition) is 3. The molecular formula is C16H18NPS2. The lowest BCUT2D eigenvalue weighted by atomic mass is 10.4. The molecule has 0 N–H and O–H groups in total. The van der Waals surface area contributed by atoms with Crippen molar-refractivity contribution >= 4 is 42.1 Å². The van der Waals surface area contributed by atoms with Gasteiger partial charge in [0.05, 0.1) is 4.32 Å². The topological polar surface area (TPSA) is 3.24 Å². The van der Waals surface area contributed by atoms with E-state index in [-0.39, 0.29) is 7.92 Å². The molecule has 104 valence electrons. The van der Waals surface area contributed by atoms with E-state index in [1.54, 1.807) is 0 Å². The molecule has 1 aliphatic rings. The molecule has 3 rings (SSSR count). The van der Waals surface area contributed by atoms with Crippen molar-refractivity contribution in [1.82, 2.24) is 4.90 Å². The van der Waals surface area contributed by atoms with Crippen LogP contribution in [0.15, 0.2) is 60.7 Å². The van der Waals surface area contributed by atoms with Gasteiger partial charge in [0.2, 0.25) is 0 Å². The first-order valence-electron chi connectivity index (χ1n) is 6.66. The minimum Gasteiger partial charge on any atom is -0.288 e. The van der Waals surface area contributed by atoms with Crippen LogP contribution in [0.3, 0.4) is 0 Å². The van der Waals surface area contributed by atoms with E-state index >= 15 is 0 Å². The molecule has 0 aliphatic carbocycles. The standard InChI is InChI=1S/C16H18NPS2/c1-17-12-19-16(20-13-17)18(14-8-4-2-5-9-14)15-10-6-3-7-11-15/h2-11,16H,12-13H2,1H3. The van der Waals surface area contributed by atoms with E-state index in [0.717, 1.165) is 11.8 Å². The van der Waals surface area contributed by atoms with E-state index in [1.807, 2.05) is 0 Å². The molecule has 2 aromatic carbocycles. The number of nitrogens with zero attached hydrogens (tertiary/aromatic N) is 1. The Hall–Kier alpha value is -0.470. The van der Waals surface area contributed by atoms with E-state index in [0.29, 0.717) is 4.32 Å². The molecule has 4 heteroatoms. The molecule has 0 spiro atoms. The van der Waals surface area contributed by atoms with Gasteiger partial charge in [0.25, 0.3) is 0 Å². The third-order valence-corrected chi connectivity index (χ3v) is 10.0. The molecule has 0 atom stereocenters. The van der Waals surface area contributed by atoms with Gasteiger partial charge in [-0.25, -0.2) is 0 Å². The van der Waals surface area contributed by atoms with Crippen molar-refractivity contribution in [3.63, 3.8) is 0 Å². The summed E-state index contributed by atoms with van der Waals surface area (Å²) in [5.41, 5.74) is 0. The molecule has 0 unspecified atom stereocenters. The summed E-state index contributed by atoms with van der Waals surface area (Å²) in [6, 6.07) is 22.0. The zero-order valence-electron chi connectivity index (χ0n) is 11.5. The zero-order chi connectivity index (χ0) is 13.8. The third-order valence-electron chi connectivity index (χ3n) is 3.15. The second-order valence-electron chi connectivity index (χ2n) is 4.80. The largest absolute Gasteiger partial charge is 0.288 e. The Bertz CT molecular complexity index is 487. The van der Waals surface area contributed by atoms with Crippen molar-refractivity contribution in [2.75, 3.05) is 18.8 Å². The Morgan fingerprint density at radius 2 is 1.30 bits per heavy atom. The van der Waals surface area contributed by atoms with Gasteiger partial charge in [-0.05, 0) is 25.6 Å². The van der Waals surface area contributed by atoms with Gasteiger partial charge < -0.3 is 0 Å². The fourth-order valence-electron chi connectivity index (χ4n) is 2.19. The minimum absolute atomic E-state index is 0.289. The van der Waals surface area contributed by atoms with Crippen molar-refractivity contribution in [2.24, 2.45) is 0 Å². The van der Waals surface area contributed by atoms with E-state index < -0.39 is 0 Å². The monoisotopic (exact) mass is 319 g/mol.